The zero-order valence-electron chi connectivity index (χ0n) is 7.51. The summed E-state index contributed by atoms with van der Waals surface area (Å²) in [6.45, 7) is 0. The van der Waals surface area contributed by atoms with Crippen molar-refractivity contribution >= 4 is 67.4 Å². The highest BCUT2D eigenvalue weighted by atomic mass is 127. The highest BCUT2D eigenvalue weighted by molar-refractivity contribution is 14.1. The molecule has 0 aliphatic rings. The molecule has 0 amide bonds. The normalized spacial score (nSPS) is 11.1. The summed E-state index contributed by atoms with van der Waals surface area (Å²) in [4.78, 5) is 2.63. The van der Waals surface area contributed by atoms with E-state index in [9.17, 15) is 0 Å². The number of benzene rings is 1. The molecule has 0 saturated heterocycles. The van der Waals surface area contributed by atoms with Crippen LogP contribution in [0.4, 0.5) is 0 Å². The van der Waals surface area contributed by atoms with Crippen molar-refractivity contribution in [3.63, 3.8) is 0 Å². The number of hydrogen-bond donors (Lipinski definition) is 0. The van der Waals surface area contributed by atoms with Crippen molar-refractivity contribution in [2.45, 2.75) is 10.8 Å². The number of halogens is 2. The van der Waals surface area contributed by atoms with Gasteiger partial charge in [0, 0.05) is 23.4 Å². The Labute approximate surface area is 110 Å². The maximum absolute atomic E-state index is 5.92. The summed E-state index contributed by atoms with van der Waals surface area (Å²) >= 11 is 11.8. The Hall–Kier alpha value is 0.550. The van der Waals surface area contributed by atoms with E-state index in [1.54, 1.807) is 23.1 Å². The third-order valence-electron chi connectivity index (χ3n) is 2.00. The van der Waals surface area contributed by atoms with Gasteiger partial charge in [-0.15, -0.1) is 34.7 Å². The van der Waals surface area contributed by atoms with Gasteiger partial charge < -0.3 is 0 Å². The van der Waals surface area contributed by atoms with E-state index in [2.05, 4.69) is 47.0 Å². The molecule has 0 spiro atoms. The van der Waals surface area contributed by atoms with Crippen LogP contribution in [0.1, 0.15) is 4.88 Å². The molecule has 0 N–H and O–H groups in total. The molecule has 1 heterocycles. The second-order valence-electron chi connectivity index (χ2n) is 2.83. The number of thioether (sulfide) groups is 1. The van der Waals surface area contributed by atoms with Gasteiger partial charge in [0.25, 0.3) is 0 Å². The number of thiophene rings is 1. The fourth-order valence-corrected chi connectivity index (χ4v) is 4.61. The molecule has 0 saturated carbocycles. The van der Waals surface area contributed by atoms with Crippen molar-refractivity contribution < 1.29 is 0 Å². The van der Waals surface area contributed by atoms with Crippen LogP contribution in [0.25, 0.3) is 10.1 Å². The van der Waals surface area contributed by atoms with E-state index < -0.39 is 0 Å². The van der Waals surface area contributed by atoms with Gasteiger partial charge in [0.2, 0.25) is 0 Å². The first-order valence-corrected chi connectivity index (χ1v) is 7.72. The molecule has 0 unspecified atom stereocenters. The molecule has 0 atom stereocenters. The quantitative estimate of drug-likeness (QED) is 0.417. The first kappa shape index (κ1) is 11.0. The molecule has 0 bridgehead atoms. The lowest BCUT2D eigenvalue weighted by atomic mass is 10.2. The zero-order chi connectivity index (χ0) is 10.1. The lowest BCUT2D eigenvalue weighted by Crippen LogP contribution is -1.73. The Morgan fingerprint density at radius 2 is 2.29 bits per heavy atom. The van der Waals surface area contributed by atoms with E-state index >= 15 is 0 Å². The molecular formula is C10H8ClIS2. The fraction of sp³-hybridized carbons (Fsp3) is 0.200. The van der Waals surface area contributed by atoms with E-state index in [4.69, 9.17) is 11.6 Å². The van der Waals surface area contributed by atoms with E-state index in [0.29, 0.717) is 5.88 Å². The molecule has 1 aromatic heterocycles. The monoisotopic (exact) mass is 354 g/mol. The van der Waals surface area contributed by atoms with Gasteiger partial charge >= 0.3 is 0 Å². The van der Waals surface area contributed by atoms with E-state index in [1.165, 1.54) is 23.4 Å². The van der Waals surface area contributed by atoms with Crippen molar-refractivity contribution in [1.82, 2.24) is 0 Å². The Morgan fingerprint density at radius 3 is 2.93 bits per heavy atom. The number of fused-ring (bicyclic) bond motifs is 1. The van der Waals surface area contributed by atoms with Crippen molar-refractivity contribution in [2.24, 2.45) is 0 Å². The summed E-state index contributed by atoms with van der Waals surface area (Å²) in [5.74, 6) is 0.617. The lowest BCUT2D eigenvalue weighted by Gasteiger charge is -1.96. The van der Waals surface area contributed by atoms with Crippen LogP contribution >= 0.6 is 57.3 Å². The predicted octanol–water partition coefficient (Wildman–Crippen LogP) is 4.97. The third-order valence-corrected chi connectivity index (χ3v) is 5.25. The molecule has 2 aromatic rings. The number of alkyl halides is 1. The third kappa shape index (κ3) is 1.92. The summed E-state index contributed by atoms with van der Waals surface area (Å²) in [6, 6.07) is 6.55. The molecule has 0 nitrogen and oxygen atoms in total. The van der Waals surface area contributed by atoms with Crippen LogP contribution in [-0.4, -0.2) is 6.26 Å². The van der Waals surface area contributed by atoms with Gasteiger partial charge in [-0.25, -0.2) is 0 Å². The summed E-state index contributed by atoms with van der Waals surface area (Å²) in [5.41, 5.74) is 0. The van der Waals surface area contributed by atoms with Gasteiger partial charge in [0.1, 0.15) is 0 Å². The molecule has 14 heavy (non-hydrogen) atoms. The SMILES string of the molecule is CSc1c(CCl)sc2cc(I)ccc12. The van der Waals surface area contributed by atoms with Crippen molar-refractivity contribution in [1.29, 1.82) is 0 Å². The first-order valence-electron chi connectivity index (χ1n) is 4.07. The van der Waals surface area contributed by atoms with Crippen LogP contribution in [0, 0.1) is 3.57 Å². The first-order chi connectivity index (χ1) is 6.76. The van der Waals surface area contributed by atoms with E-state index in [0.717, 1.165) is 0 Å². The number of rotatable bonds is 2. The van der Waals surface area contributed by atoms with Crippen LogP contribution in [0.2, 0.25) is 0 Å². The van der Waals surface area contributed by atoms with Crippen molar-refractivity contribution in [3.8, 4) is 0 Å². The highest BCUT2D eigenvalue weighted by Gasteiger charge is 2.10. The summed E-state index contributed by atoms with van der Waals surface area (Å²) in [7, 11) is 0. The average Bonchev–Trinajstić information content (AvgIpc) is 2.54. The van der Waals surface area contributed by atoms with Crippen molar-refractivity contribution in [3.05, 3.63) is 26.6 Å². The predicted molar refractivity (Wildman–Crippen MR) is 75.9 cm³/mol. The van der Waals surface area contributed by atoms with Gasteiger partial charge in [0.05, 0.1) is 5.88 Å². The summed E-state index contributed by atoms with van der Waals surface area (Å²) in [5, 5.41) is 1.35. The topological polar surface area (TPSA) is 0 Å². The van der Waals surface area contributed by atoms with E-state index in [-0.39, 0.29) is 0 Å². The molecule has 0 aliphatic carbocycles. The maximum Gasteiger partial charge on any atom is 0.0579 e. The largest absolute Gasteiger partial charge is 0.138 e. The summed E-state index contributed by atoms with van der Waals surface area (Å²) in [6.07, 6.45) is 2.11. The average molecular weight is 355 g/mol. The molecule has 0 aliphatic heterocycles. The lowest BCUT2D eigenvalue weighted by molar-refractivity contribution is 1.40. The molecular weight excluding hydrogens is 347 g/mol. The van der Waals surface area contributed by atoms with Gasteiger partial charge in [-0.05, 0) is 41.0 Å². The Morgan fingerprint density at radius 1 is 1.50 bits per heavy atom. The molecule has 74 valence electrons. The minimum atomic E-state index is 0.617. The molecule has 0 radical (unpaired) electrons. The fourth-order valence-electron chi connectivity index (χ4n) is 1.41. The second-order valence-corrected chi connectivity index (χ2v) is 6.30. The minimum absolute atomic E-state index is 0.617. The molecule has 1 aromatic carbocycles. The Bertz CT molecular complexity index is 464. The molecule has 0 fully saturated rings. The molecule has 2 rings (SSSR count). The van der Waals surface area contributed by atoms with Gasteiger partial charge in [-0.3, -0.25) is 0 Å². The van der Waals surface area contributed by atoms with Gasteiger partial charge in [0.15, 0.2) is 0 Å². The zero-order valence-corrected chi connectivity index (χ0v) is 12.1. The van der Waals surface area contributed by atoms with Crippen LogP contribution in [0.3, 0.4) is 0 Å². The van der Waals surface area contributed by atoms with Crippen LogP contribution in [0.5, 0.6) is 0 Å². The second kappa shape index (κ2) is 4.60. The maximum atomic E-state index is 5.92. The smallest absolute Gasteiger partial charge is 0.0579 e. The minimum Gasteiger partial charge on any atom is -0.138 e. The Kier molecular flexibility index (Phi) is 3.63. The van der Waals surface area contributed by atoms with Crippen LogP contribution in [0.15, 0.2) is 23.1 Å². The summed E-state index contributed by atoms with van der Waals surface area (Å²) < 4.78 is 2.63. The van der Waals surface area contributed by atoms with Crippen LogP contribution < -0.4 is 0 Å². The Balaban J connectivity index is 2.73. The van der Waals surface area contributed by atoms with Gasteiger partial charge in [-0.1, -0.05) is 6.07 Å². The highest BCUT2D eigenvalue weighted by Crippen LogP contribution is 2.38. The standard InChI is InChI=1S/C10H8ClIS2/c1-13-10-7-3-2-6(12)4-8(7)14-9(10)5-11/h2-4H,5H2,1H3. The van der Waals surface area contributed by atoms with E-state index in [1.807, 2.05) is 0 Å². The van der Waals surface area contributed by atoms with Crippen molar-refractivity contribution in [2.75, 3.05) is 6.26 Å². The number of hydrogen-bond acceptors (Lipinski definition) is 2. The van der Waals surface area contributed by atoms with Crippen LogP contribution in [-0.2, 0) is 5.88 Å². The van der Waals surface area contributed by atoms with Gasteiger partial charge in [-0.2, -0.15) is 0 Å². The molecule has 4 heteroatoms.